The van der Waals surface area contributed by atoms with Gasteiger partial charge in [0.15, 0.2) is 6.10 Å². The van der Waals surface area contributed by atoms with Crippen molar-refractivity contribution in [2.24, 2.45) is 0 Å². The number of aromatic amines is 1. The lowest BCUT2D eigenvalue weighted by Gasteiger charge is -2.14. The highest BCUT2D eigenvalue weighted by Gasteiger charge is 2.19. The van der Waals surface area contributed by atoms with Crippen LogP contribution in [0.4, 0.5) is 14.5 Å². The molecule has 0 bridgehead atoms. The Morgan fingerprint density at radius 1 is 1.28 bits per heavy atom. The van der Waals surface area contributed by atoms with Crippen LogP contribution < -0.4 is 16.6 Å². The molecule has 0 radical (unpaired) electrons. The van der Waals surface area contributed by atoms with Gasteiger partial charge in [-0.25, -0.2) is 13.6 Å². The van der Waals surface area contributed by atoms with E-state index in [0.29, 0.717) is 6.07 Å². The zero-order chi connectivity index (χ0) is 18.6. The minimum atomic E-state index is -1.30. The van der Waals surface area contributed by atoms with Crippen LogP contribution in [0.5, 0.6) is 0 Å². The first-order valence-corrected chi connectivity index (χ1v) is 7.01. The summed E-state index contributed by atoms with van der Waals surface area (Å²) in [5.41, 5.74) is -1.70. The first kappa shape index (κ1) is 18.0. The number of rotatable bonds is 5. The molecule has 1 aromatic heterocycles. The Morgan fingerprint density at radius 2 is 2.00 bits per heavy atom. The summed E-state index contributed by atoms with van der Waals surface area (Å²) in [7, 11) is 0. The molecule has 1 heterocycles. The Kier molecular flexibility index (Phi) is 5.42. The molecule has 0 unspecified atom stereocenters. The van der Waals surface area contributed by atoms with Crippen LogP contribution in [0.3, 0.4) is 0 Å². The number of esters is 1. The minimum absolute atomic E-state index is 0.272. The average Bonchev–Trinajstić information content (AvgIpc) is 2.52. The minimum Gasteiger partial charge on any atom is -0.451 e. The zero-order valence-electron chi connectivity index (χ0n) is 12.9. The molecule has 1 aromatic carbocycles. The molecule has 2 N–H and O–H groups in total. The van der Waals surface area contributed by atoms with Crippen LogP contribution in [0.15, 0.2) is 40.1 Å². The van der Waals surface area contributed by atoms with Gasteiger partial charge in [0.05, 0.1) is 5.69 Å². The molecule has 0 saturated carbocycles. The number of hydrogen-bond donors (Lipinski definition) is 2. The number of anilines is 1. The number of nitrogens with zero attached hydrogens (tertiary/aromatic N) is 1. The van der Waals surface area contributed by atoms with Gasteiger partial charge < -0.3 is 10.1 Å². The van der Waals surface area contributed by atoms with Crippen molar-refractivity contribution in [3.63, 3.8) is 0 Å². The van der Waals surface area contributed by atoms with Gasteiger partial charge in [0.2, 0.25) is 0 Å². The molecule has 0 spiro atoms. The fraction of sp³-hybridized carbons (Fsp3) is 0.200. The van der Waals surface area contributed by atoms with E-state index in [-0.39, 0.29) is 5.69 Å². The highest BCUT2D eigenvalue weighted by atomic mass is 19.1. The fourth-order valence-corrected chi connectivity index (χ4v) is 1.82. The van der Waals surface area contributed by atoms with E-state index < -0.39 is 47.4 Å². The van der Waals surface area contributed by atoms with Gasteiger partial charge in [0.1, 0.15) is 18.2 Å². The summed E-state index contributed by atoms with van der Waals surface area (Å²) in [5.74, 6) is -3.54. The van der Waals surface area contributed by atoms with Crippen LogP contribution in [-0.2, 0) is 20.9 Å². The third kappa shape index (κ3) is 4.83. The van der Waals surface area contributed by atoms with E-state index in [0.717, 1.165) is 29.0 Å². The second-order valence-corrected chi connectivity index (χ2v) is 4.98. The van der Waals surface area contributed by atoms with E-state index in [9.17, 15) is 28.0 Å². The van der Waals surface area contributed by atoms with Crippen molar-refractivity contribution in [1.82, 2.24) is 9.55 Å². The molecular weight excluding hydrogens is 340 g/mol. The van der Waals surface area contributed by atoms with Gasteiger partial charge >= 0.3 is 11.7 Å². The zero-order valence-corrected chi connectivity index (χ0v) is 12.9. The van der Waals surface area contributed by atoms with Gasteiger partial charge in [0.25, 0.3) is 11.5 Å². The summed E-state index contributed by atoms with van der Waals surface area (Å²) in [5, 5.41) is 2.15. The number of nitrogens with one attached hydrogen (secondary N) is 2. The molecule has 2 rings (SSSR count). The number of carbonyl (C=O) groups is 2. The van der Waals surface area contributed by atoms with Crippen molar-refractivity contribution in [1.29, 1.82) is 0 Å². The number of benzene rings is 1. The molecular formula is C15H13F2N3O5. The summed E-state index contributed by atoms with van der Waals surface area (Å²) >= 11 is 0. The van der Waals surface area contributed by atoms with Gasteiger partial charge in [-0.2, -0.15) is 0 Å². The number of hydrogen-bond acceptors (Lipinski definition) is 5. The van der Waals surface area contributed by atoms with Crippen LogP contribution in [0.1, 0.15) is 6.92 Å². The van der Waals surface area contributed by atoms with Crippen molar-refractivity contribution in [3.8, 4) is 0 Å². The van der Waals surface area contributed by atoms with Gasteiger partial charge in [-0.3, -0.25) is 23.9 Å². The highest BCUT2D eigenvalue weighted by molar-refractivity contribution is 5.95. The first-order chi connectivity index (χ1) is 11.8. The topological polar surface area (TPSA) is 110 Å². The second-order valence-electron chi connectivity index (χ2n) is 4.98. The average molecular weight is 353 g/mol. The number of aromatic nitrogens is 2. The number of H-pyrrole nitrogens is 1. The maximum Gasteiger partial charge on any atom is 0.328 e. The second kappa shape index (κ2) is 7.51. The molecule has 10 heteroatoms. The first-order valence-electron chi connectivity index (χ1n) is 7.01. The van der Waals surface area contributed by atoms with Gasteiger partial charge in [-0.1, -0.05) is 0 Å². The van der Waals surface area contributed by atoms with Crippen LogP contribution in [-0.4, -0.2) is 27.5 Å². The van der Waals surface area contributed by atoms with Crippen molar-refractivity contribution in [3.05, 3.63) is 62.9 Å². The number of carbonyl (C=O) groups excluding carboxylic acids is 2. The van der Waals surface area contributed by atoms with E-state index in [1.54, 1.807) is 0 Å². The molecule has 0 aliphatic rings. The summed E-state index contributed by atoms with van der Waals surface area (Å²) < 4.78 is 32.0. The SMILES string of the molecule is C[C@H](OC(=O)Cn1ccc(=O)[nH]c1=O)C(=O)Nc1ccc(F)cc1F. The van der Waals surface area contributed by atoms with Crippen molar-refractivity contribution in [2.45, 2.75) is 19.6 Å². The van der Waals surface area contributed by atoms with Crippen LogP contribution in [0.25, 0.3) is 0 Å². The van der Waals surface area contributed by atoms with Crippen molar-refractivity contribution in [2.75, 3.05) is 5.32 Å². The van der Waals surface area contributed by atoms with Crippen LogP contribution >= 0.6 is 0 Å². The largest absolute Gasteiger partial charge is 0.451 e. The number of halogens is 2. The molecule has 1 amide bonds. The third-order valence-electron chi connectivity index (χ3n) is 3.06. The third-order valence-corrected chi connectivity index (χ3v) is 3.06. The van der Waals surface area contributed by atoms with Gasteiger partial charge in [-0.05, 0) is 19.1 Å². The fourth-order valence-electron chi connectivity index (χ4n) is 1.82. The number of ether oxygens (including phenoxy) is 1. The summed E-state index contributed by atoms with van der Waals surface area (Å²) in [4.78, 5) is 48.0. The summed E-state index contributed by atoms with van der Waals surface area (Å²) in [6.07, 6.45) is -0.198. The lowest BCUT2D eigenvalue weighted by atomic mass is 10.2. The predicted octanol–water partition coefficient (Wildman–Crippen LogP) is 0.385. The molecule has 0 saturated heterocycles. The quantitative estimate of drug-likeness (QED) is 0.756. The van der Waals surface area contributed by atoms with E-state index in [1.165, 1.54) is 6.92 Å². The van der Waals surface area contributed by atoms with E-state index >= 15 is 0 Å². The molecule has 25 heavy (non-hydrogen) atoms. The summed E-state index contributed by atoms with van der Waals surface area (Å²) in [6, 6.07) is 3.62. The Balaban J connectivity index is 1.97. The molecule has 0 aliphatic heterocycles. The maximum absolute atomic E-state index is 13.5. The van der Waals surface area contributed by atoms with E-state index in [2.05, 4.69) is 5.32 Å². The molecule has 8 nitrogen and oxygen atoms in total. The Hall–Kier alpha value is -3.30. The monoisotopic (exact) mass is 353 g/mol. The normalized spacial score (nSPS) is 11.6. The van der Waals surface area contributed by atoms with Crippen LogP contribution in [0, 0.1) is 11.6 Å². The number of amides is 1. The van der Waals surface area contributed by atoms with Crippen LogP contribution in [0.2, 0.25) is 0 Å². The Labute approximate surface area is 139 Å². The van der Waals surface area contributed by atoms with Gasteiger partial charge in [0, 0.05) is 18.3 Å². The summed E-state index contributed by atoms with van der Waals surface area (Å²) in [6.45, 7) is 0.711. The van der Waals surface area contributed by atoms with Crippen molar-refractivity contribution >= 4 is 17.6 Å². The molecule has 132 valence electrons. The van der Waals surface area contributed by atoms with E-state index in [4.69, 9.17) is 4.74 Å². The van der Waals surface area contributed by atoms with E-state index in [1.807, 2.05) is 4.98 Å². The molecule has 2 aromatic rings. The van der Waals surface area contributed by atoms with Gasteiger partial charge in [-0.15, -0.1) is 0 Å². The molecule has 1 atom stereocenters. The van der Waals surface area contributed by atoms with Crippen molar-refractivity contribution < 1.29 is 23.1 Å². The molecule has 0 aliphatic carbocycles. The Morgan fingerprint density at radius 3 is 2.64 bits per heavy atom. The Bertz CT molecular complexity index is 922. The lowest BCUT2D eigenvalue weighted by molar-refractivity contribution is -0.153. The standard InChI is InChI=1S/C15H13F2N3O5/c1-8(14(23)18-11-3-2-9(16)6-10(11)17)25-13(22)7-20-5-4-12(21)19-15(20)24/h2-6,8H,7H2,1H3,(H,18,23)(H,19,21,24)/t8-/m0/s1. The predicted molar refractivity (Wildman–Crippen MR) is 81.9 cm³/mol. The maximum atomic E-state index is 13.5. The smallest absolute Gasteiger partial charge is 0.328 e. The molecule has 0 fully saturated rings. The lowest BCUT2D eigenvalue weighted by Crippen LogP contribution is -2.35. The highest BCUT2D eigenvalue weighted by Crippen LogP contribution is 2.15.